The van der Waals surface area contributed by atoms with Crippen molar-refractivity contribution in [1.82, 2.24) is 10.2 Å². The predicted octanol–water partition coefficient (Wildman–Crippen LogP) is 0.748. The highest BCUT2D eigenvalue weighted by Gasteiger charge is 2.49. The zero-order valence-electron chi connectivity index (χ0n) is 14.2. The van der Waals surface area contributed by atoms with Gasteiger partial charge in [0.15, 0.2) is 0 Å². The quantitative estimate of drug-likeness (QED) is 0.853. The Morgan fingerprint density at radius 3 is 2.75 bits per heavy atom. The van der Waals surface area contributed by atoms with Crippen molar-refractivity contribution in [3.63, 3.8) is 0 Å². The standard InChI is InChI=1S/C18H25N3O3/c1-12-5-3-4-6-14(12)15-16(22)20-7-8-21(15)17(23)13-9-18(10-13,11-19)24-2/h3-6,13,15H,7-11,19H2,1-2H3,(H,20,22). The normalized spacial score (nSPS) is 29.8. The van der Waals surface area contributed by atoms with E-state index in [4.69, 9.17) is 10.5 Å². The van der Waals surface area contributed by atoms with Crippen molar-refractivity contribution < 1.29 is 14.3 Å². The van der Waals surface area contributed by atoms with Gasteiger partial charge in [0.1, 0.15) is 6.04 Å². The Morgan fingerprint density at radius 2 is 2.12 bits per heavy atom. The van der Waals surface area contributed by atoms with Gasteiger partial charge in [-0.05, 0) is 30.9 Å². The summed E-state index contributed by atoms with van der Waals surface area (Å²) < 4.78 is 5.47. The lowest BCUT2D eigenvalue weighted by molar-refractivity contribution is -0.161. The maximum Gasteiger partial charge on any atom is 0.247 e. The first kappa shape index (κ1) is 16.9. The molecule has 1 aliphatic heterocycles. The topological polar surface area (TPSA) is 84.7 Å². The molecule has 0 radical (unpaired) electrons. The fourth-order valence-corrected chi connectivity index (χ4v) is 3.77. The van der Waals surface area contributed by atoms with Gasteiger partial charge in [-0.3, -0.25) is 9.59 Å². The summed E-state index contributed by atoms with van der Waals surface area (Å²) in [6.07, 6.45) is 1.24. The van der Waals surface area contributed by atoms with E-state index in [0.717, 1.165) is 11.1 Å². The van der Waals surface area contributed by atoms with Crippen molar-refractivity contribution in [3.8, 4) is 0 Å². The molecule has 24 heavy (non-hydrogen) atoms. The van der Waals surface area contributed by atoms with Crippen LogP contribution in [-0.2, 0) is 14.3 Å². The summed E-state index contributed by atoms with van der Waals surface area (Å²) in [4.78, 5) is 27.2. The number of hydrogen-bond acceptors (Lipinski definition) is 4. The van der Waals surface area contributed by atoms with Gasteiger partial charge in [0.2, 0.25) is 11.8 Å². The summed E-state index contributed by atoms with van der Waals surface area (Å²) >= 11 is 0. The molecular weight excluding hydrogens is 306 g/mol. The van der Waals surface area contributed by atoms with Crippen LogP contribution in [0.3, 0.4) is 0 Å². The highest BCUT2D eigenvalue weighted by Crippen LogP contribution is 2.42. The van der Waals surface area contributed by atoms with Crippen molar-refractivity contribution in [3.05, 3.63) is 35.4 Å². The summed E-state index contributed by atoms with van der Waals surface area (Å²) in [5, 5.41) is 2.88. The highest BCUT2D eigenvalue weighted by molar-refractivity contribution is 5.91. The van der Waals surface area contributed by atoms with Crippen LogP contribution in [0.4, 0.5) is 0 Å². The number of ether oxygens (including phenoxy) is 1. The van der Waals surface area contributed by atoms with E-state index >= 15 is 0 Å². The van der Waals surface area contributed by atoms with Crippen molar-refractivity contribution >= 4 is 11.8 Å². The Kier molecular flexibility index (Phi) is 4.60. The first-order valence-electron chi connectivity index (χ1n) is 8.40. The van der Waals surface area contributed by atoms with E-state index < -0.39 is 6.04 Å². The lowest BCUT2D eigenvalue weighted by Crippen LogP contribution is -2.59. The molecule has 2 fully saturated rings. The summed E-state index contributed by atoms with van der Waals surface area (Å²) in [5.74, 6) is -0.204. The molecule has 1 aliphatic carbocycles. The van der Waals surface area contributed by atoms with Gasteiger partial charge in [0.05, 0.1) is 5.60 Å². The monoisotopic (exact) mass is 331 g/mol. The zero-order valence-corrected chi connectivity index (χ0v) is 14.2. The molecule has 1 atom stereocenters. The lowest BCUT2D eigenvalue weighted by Gasteiger charge is -2.48. The van der Waals surface area contributed by atoms with Crippen LogP contribution in [0.15, 0.2) is 24.3 Å². The summed E-state index contributed by atoms with van der Waals surface area (Å²) in [6.45, 7) is 3.40. The average Bonchev–Trinajstić information content (AvgIpc) is 2.55. The van der Waals surface area contributed by atoms with E-state index in [2.05, 4.69) is 5.32 Å². The molecule has 1 saturated heterocycles. The van der Waals surface area contributed by atoms with Gasteiger partial charge in [-0.2, -0.15) is 0 Å². The number of hydrogen-bond donors (Lipinski definition) is 2. The SMILES string of the molecule is COC1(CN)CC(C(=O)N2CCNC(=O)C2c2ccccc2C)C1. The number of carbonyl (C=O) groups is 2. The van der Waals surface area contributed by atoms with Crippen LogP contribution in [-0.4, -0.2) is 49.1 Å². The minimum atomic E-state index is -0.553. The van der Waals surface area contributed by atoms with E-state index in [0.29, 0.717) is 32.5 Å². The minimum Gasteiger partial charge on any atom is -0.377 e. The molecule has 130 valence electrons. The van der Waals surface area contributed by atoms with Gasteiger partial charge >= 0.3 is 0 Å². The molecule has 1 heterocycles. The molecule has 1 aromatic rings. The second kappa shape index (κ2) is 6.53. The fraction of sp³-hybridized carbons (Fsp3) is 0.556. The molecule has 1 unspecified atom stereocenters. The van der Waals surface area contributed by atoms with E-state index in [9.17, 15) is 9.59 Å². The number of nitrogens with one attached hydrogen (secondary N) is 1. The van der Waals surface area contributed by atoms with Gasteiger partial charge in [0, 0.05) is 32.7 Å². The molecule has 1 saturated carbocycles. The third kappa shape index (κ3) is 2.80. The second-order valence-corrected chi connectivity index (χ2v) is 6.78. The average molecular weight is 331 g/mol. The fourth-order valence-electron chi connectivity index (χ4n) is 3.77. The molecule has 0 aromatic heterocycles. The number of nitrogens with zero attached hydrogens (tertiary/aromatic N) is 1. The number of piperazine rings is 1. The molecule has 1 aromatic carbocycles. The Bertz CT molecular complexity index is 634. The zero-order chi connectivity index (χ0) is 17.3. The smallest absolute Gasteiger partial charge is 0.247 e. The third-order valence-corrected chi connectivity index (χ3v) is 5.37. The summed E-state index contributed by atoms with van der Waals surface area (Å²) in [7, 11) is 1.64. The van der Waals surface area contributed by atoms with Gasteiger partial charge in [-0.1, -0.05) is 24.3 Å². The molecule has 3 N–H and O–H groups in total. The van der Waals surface area contributed by atoms with E-state index in [-0.39, 0.29) is 23.3 Å². The number of methoxy groups -OCH3 is 1. The number of benzene rings is 1. The van der Waals surface area contributed by atoms with E-state index in [1.807, 2.05) is 31.2 Å². The Labute approximate surface area is 142 Å². The first-order valence-corrected chi connectivity index (χ1v) is 8.40. The van der Waals surface area contributed by atoms with Crippen molar-refractivity contribution in [1.29, 1.82) is 0 Å². The van der Waals surface area contributed by atoms with Crippen LogP contribution in [0, 0.1) is 12.8 Å². The number of nitrogens with two attached hydrogens (primary N) is 1. The van der Waals surface area contributed by atoms with Crippen LogP contribution in [0.1, 0.15) is 30.0 Å². The van der Waals surface area contributed by atoms with Gasteiger partial charge in [-0.15, -0.1) is 0 Å². The van der Waals surface area contributed by atoms with Gasteiger partial charge in [0.25, 0.3) is 0 Å². The Hall–Kier alpha value is -1.92. The van der Waals surface area contributed by atoms with E-state index in [1.165, 1.54) is 0 Å². The minimum absolute atomic E-state index is 0.0271. The summed E-state index contributed by atoms with van der Waals surface area (Å²) in [6, 6.07) is 7.17. The number of amides is 2. The summed E-state index contributed by atoms with van der Waals surface area (Å²) in [5.41, 5.74) is 7.29. The third-order valence-electron chi connectivity index (χ3n) is 5.37. The molecular formula is C18H25N3O3. The van der Waals surface area contributed by atoms with Crippen molar-refractivity contribution in [2.24, 2.45) is 11.7 Å². The molecule has 3 rings (SSSR count). The van der Waals surface area contributed by atoms with Gasteiger partial charge in [-0.25, -0.2) is 0 Å². The predicted molar refractivity (Wildman–Crippen MR) is 90.2 cm³/mol. The maximum absolute atomic E-state index is 13.0. The lowest BCUT2D eigenvalue weighted by atomic mass is 9.69. The van der Waals surface area contributed by atoms with Crippen LogP contribution >= 0.6 is 0 Å². The van der Waals surface area contributed by atoms with Crippen molar-refractivity contribution in [2.75, 3.05) is 26.7 Å². The molecule has 2 amide bonds. The largest absolute Gasteiger partial charge is 0.377 e. The molecule has 6 nitrogen and oxygen atoms in total. The number of rotatable bonds is 4. The number of aryl methyl sites for hydroxylation is 1. The highest BCUT2D eigenvalue weighted by atomic mass is 16.5. The van der Waals surface area contributed by atoms with Gasteiger partial charge < -0.3 is 20.7 Å². The first-order chi connectivity index (χ1) is 11.5. The molecule has 2 aliphatic rings. The number of carbonyl (C=O) groups excluding carboxylic acids is 2. The van der Waals surface area contributed by atoms with Crippen molar-refractivity contribution in [2.45, 2.75) is 31.4 Å². The Balaban J connectivity index is 1.82. The molecule has 6 heteroatoms. The van der Waals surface area contributed by atoms with Crippen LogP contribution in [0.25, 0.3) is 0 Å². The second-order valence-electron chi connectivity index (χ2n) is 6.78. The van der Waals surface area contributed by atoms with Crippen LogP contribution in [0.5, 0.6) is 0 Å². The van der Waals surface area contributed by atoms with Crippen LogP contribution < -0.4 is 11.1 Å². The van der Waals surface area contributed by atoms with E-state index in [1.54, 1.807) is 12.0 Å². The van der Waals surface area contributed by atoms with Crippen LogP contribution in [0.2, 0.25) is 0 Å². The maximum atomic E-state index is 13.0. The Morgan fingerprint density at radius 1 is 1.42 bits per heavy atom. The molecule has 0 spiro atoms. The molecule has 0 bridgehead atoms.